The molecule has 0 aromatic rings. The van der Waals surface area contributed by atoms with E-state index < -0.39 is 23.2 Å². The van der Waals surface area contributed by atoms with Crippen LogP contribution in [0.3, 0.4) is 0 Å². The van der Waals surface area contributed by atoms with Crippen molar-refractivity contribution >= 4 is 0 Å². The largest absolute Gasteiger partial charge is 0.504 e. The second kappa shape index (κ2) is 2.45. The lowest BCUT2D eigenvalue weighted by Gasteiger charge is -2.00. The van der Waals surface area contributed by atoms with Crippen LogP contribution in [0.2, 0.25) is 0 Å². The van der Waals surface area contributed by atoms with Gasteiger partial charge < -0.3 is 25.7 Å². The summed E-state index contributed by atoms with van der Waals surface area (Å²) >= 11 is 0. The van der Waals surface area contributed by atoms with E-state index in [1.165, 1.54) is 6.20 Å². The average molecular weight is 157 g/mol. The highest BCUT2D eigenvalue weighted by Gasteiger charge is 2.14. The van der Waals surface area contributed by atoms with Gasteiger partial charge in [0, 0.05) is 6.20 Å². The molecule has 0 aromatic carbocycles. The van der Waals surface area contributed by atoms with Gasteiger partial charge in [0.1, 0.15) is 0 Å². The summed E-state index contributed by atoms with van der Waals surface area (Å²) < 4.78 is 0. The minimum absolute atomic E-state index is 0.515. The van der Waals surface area contributed by atoms with Gasteiger partial charge in [0.15, 0.2) is 5.76 Å². The minimum atomic E-state index is -0.785. The summed E-state index contributed by atoms with van der Waals surface area (Å²) in [5.74, 6) is -2.67. The van der Waals surface area contributed by atoms with E-state index in [0.29, 0.717) is 0 Å². The fourth-order valence-electron chi connectivity index (χ4n) is 0.580. The van der Waals surface area contributed by atoms with Crippen molar-refractivity contribution in [2.75, 3.05) is 0 Å². The van der Waals surface area contributed by atoms with Crippen LogP contribution in [-0.2, 0) is 0 Å². The maximum absolute atomic E-state index is 8.87. The Morgan fingerprint density at radius 3 is 2.27 bits per heavy atom. The molecule has 5 N–H and O–H groups in total. The van der Waals surface area contributed by atoms with E-state index in [9.17, 15) is 0 Å². The van der Waals surface area contributed by atoms with Gasteiger partial charge in [0.05, 0.1) is 0 Å². The molecular formula is C6H7NO4. The second-order valence-electron chi connectivity index (χ2n) is 1.91. The van der Waals surface area contributed by atoms with Crippen LogP contribution in [0, 0.1) is 0 Å². The number of hydrogen-bond donors (Lipinski definition) is 5. The maximum Gasteiger partial charge on any atom is 0.235 e. The zero-order valence-corrected chi connectivity index (χ0v) is 5.44. The van der Waals surface area contributed by atoms with Gasteiger partial charge in [-0.25, -0.2) is 0 Å². The highest BCUT2D eigenvalue weighted by molar-refractivity contribution is 5.31. The van der Waals surface area contributed by atoms with Gasteiger partial charge in [-0.1, -0.05) is 0 Å². The fraction of sp³-hybridized carbons (Fsp3) is 0. The molecule has 1 aliphatic rings. The molecule has 0 saturated carbocycles. The summed E-state index contributed by atoms with van der Waals surface area (Å²) in [7, 11) is 0. The van der Waals surface area contributed by atoms with E-state index in [1.807, 2.05) is 0 Å². The second-order valence-corrected chi connectivity index (χ2v) is 1.91. The Hall–Kier alpha value is -1.78. The van der Waals surface area contributed by atoms with Crippen molar-refractivity contribution in [2.24, 2.45) is 0 Å². The number of aliphatic hydroxyl groups excluding tert-OH is 4. The molecule has 5 nitrogen and oxygen atoms in total. The molecule has 60 valence electrons. The molecule has 0 atom stereocenters. The van der Waals surface area contributed by atoms with Crippen molar-refractivity contribution in [2.45, 2.75) is 0 Å². The minimum Gasteiger partial charge on any atom is -0.504 e. The first-order valence-corrected chi connectivity index (χ1v) is 2.81. The molecule has 11 heavy (non-hydrogen) atoms. The zero-order chi connectivity index (χ0) is 8.43. The van der Waals surface area contributed by atoms with Crippen molar-refractivity contribution in [3.05, 3.63) is 35.4 Å². The third kappa shape index (κ3) is 1.21. The third-order valence-corrected chi connectivity index (χ3v) is 1.15. The normalized spacial score (nSPS) is 18.2. The molecule has 5 heteroatoms. The van der Waals surface area contributed by atoms with Crippen LogP contribution in [0.5, 0.6) is 0 Å². The first kappa shape index (κ1) is 7.33. The molecule has 0 fully saturated rings. The van der Waals surface area contributed by atoms with Crippen molar-refractivity contribution in [3.8, 4) is 0 Å². The Kier molecular flexibility index (Phi) is 1.63. The molecule has 0 aromatic heterocycles. The van der Waals surface area contributed by atoms with Crippen LogP contribution in [0.4, 0.5) is 0 Å². The van der Waals surface area contributed by atoms with Crippen LogP contribution in [-0.4, -0.2) is 20.4 Å². The smallest absolute Gasteiger partial charge is 0.235 e. The van der Waals surface area contributed by atoms with Crippen molar-refractivity contribution in [1.29, 1.82) is 0 Å². The molecule has 0 aliphatic carbocycles. The first-order chi connectivity index (χ1) is 5.13. The SMILES string of the molecule is OC1=C(O)C(O)=C(O)NC=C1. The summed E-state index contributed by atoms with van der Waals surface area (Å²) in [4.78, 5) is 0. The number of hydrogen-bond acceptors (Lipinski definition) is 5. The Balaban J connectivity index is 3.15. The summed E-state index contributed by atoms with van der Waals surface area (Å²) in [5, 5.41) is 37.6. The number of allylic oxidation sites excluding steroid dienone is 1. The first-order valence-electron chi connectivity index (χ1n) is 2.81. The molecule has 0 radical (unpaired) electrons. The highest BCUT2D eigenvalue weighted by atomic mass is 16.4. The average Bonchev–Trinajstić information content (AvgIpc) is 2.07. The Labute approximate surface area is 62.2 Å². The van der Waals surface area contributed by atoms with E-state index in [4.69, 9.17) is 20.4 Å². The van der Waals surface area contributed by atoms with E-state index >= 15 is 0 Å². The molecule has 0 spiro atoms. The predicted octanol–water partition coefficient (Wildman–Crippen LogP) is 0.716. The van der Waals surface area contributed by atoms with Gasteiger partial charge in [-0.05, 0) is 6.08 Å². The number of nitrogens with one attached hydrogen (secondary N) is 1. The molecule has 1 aliphatic heterocycles. The van der Waals surface area contributed by atoms with Crippen LogP contribution in [0.1, 0.15) is 0 Å². The van der Waals surface area contributed by atoms with Gasteiger partial charge in [0.25, 0.3) is 0 Å². The van der Waals surface area contributed by atoms with Crippen molar-refractivity contribution in [3.63, 3.8) is 0 Å². The van der Waals surface area contributed by atoms with Crippen molar-refractivity contribution in [1.82, 2.24) is 5.32 Å². The van der Waals surface area contributed by atoms with Crippen LogP contribution in [0.15, 0.2) is 35.4 Å². The zero-order valence-electron chi connectivity index (χ0n) is 5.44. The van der Waals surface area contributed by atoms with E-state index in [1.54, 1.807) is 0 Å². The summed E-state index contributed by atoms with van der Waals surface area (Å²) in [6, 6.07) is 0. The quantitative estimate of drug-likeness (QED) is 0.357. The van der Waals surface area contributed by atoms with Crippen LogP contribution >= 0.6 is 0 Å². The maximum atomic E-state index is 8.87. The van der Waals surface area contributed by atoms with Gasteiger partial charge >= 0.3 is 0 Å². The molecular weight excluding hydrogens is 150 g/mol. The van der Waals surface area contributed by atoms with Gasteiger partial charge in [-0.3, -0.25) is 0 Å². The van der Waals surface area contributed by atoms with Gasteiger partial charge in [0.2, 0.25) is 17.4 Å². The van der Waals surface area contributed by atoms with E-state index in [2.05, 4.69) is 5.32 Å². The Morgan fingerprint density at radius 1 is 1.00 bits per heavy atom. The molecule has 0 unspecified atom stereocenters. The topological polar surface area (TPSA) is 93.0 Å². The monoisotopic (exact) mass is 157 g/mol. The standard InChI is InChI=1S/C6H7NO4/c8-3-1-2-7-6(11)5(10)4(3)9/h1-2,7-11H. The van der Waals surface area contributed by atoms with Crippen LogP contribution < -0.4 is 5.32 Å². The van der Waals surface area contributed by atoms with Gasteiger partial charge in [-0.2, -0.15) is 0 Å². The van der Waals surface area contributed by atoms with Gasteiger partial charge in [-0.15, -0.1) is 0 Å². The summed E-state index contributed by atoms with van der Waals surface area (Å²) in [6.45, 7) is 0. The Bertz CT molecular complexity index is 264. The van der Waals surface area contributed by atoms with Crippen LogP contribution in [0.25, 0.3) is 0 Å². The summed E-state index contributed by atoms with van der Waals surface area (Å²) in [6.07, 6.45) is 2.26. The molecule has 0 amide bonds. The molecule has 0 bridgehead atoms. The molecule has 0 saturated heterocycles. The van der Waals surface area contributed by atoms with E-state index in [0.717, 1.165) is 6.08 Å². The highest BCUT2D eigenvalue weighted by Crippen LogP contribution is 2.12. The number of rotatable bonds is 0. The lowest BCUT2D eigenvalue weighted by Crippen LogP contribution is -2.06. The lowest BCUT2D eigenvalue weighted by atomic mass is 10.3. The molecule has 1 heterocycles. The summed E-state index contributed by atoms with van der Waals surface area (Å²) in [5.41, 5.74) is 0. The predicted molar refractivity (Wildman–Crippen MR) is 36.8 cm³/mol. The number of aliphatic hydroxyl groups is 4. The molecule has 1 rings (SSSR count). The fourth-order valence-corrected chi connectivity index (χ4v) is 0.580. The Morgan fingerprint density at radius 2 is 1.64 bits per heavy atom. The lowest BCUT2D eigenvalue weighted by molar-refractivity contribution is 0.258. The third-order valence-electron chi connectivity index (χ3n) is 1.15. The van der Waals surface area contributed by atoms with Crippen molar-refractivity contribution < 1.29 is 20.4 Å². The van der Waals surface area contributed by atoms with E-state index in [-0.39, 0.29) is 0 Å².